The maximum Gasteiger partial charge on any atom is 0.264 e. The number of rotatable bonds is 6. The Bertz CT molecular complexity index is 523. The van der Waals surface area contributed by atoms with Crippen LogP contribution in [0, 0.1) is 13.8 Å². The molecule has 0 radical (unpaired) electrons. The molecule has 1 aromatic heterocycles. The molecule has 1 aromatic carbocycles. The van der Waals surface area contributed by atoms with E-state index in [1.54, 1.807) is 0 Å². The predicted octanol–water partition coefficient (Wildman–Crippen LogP) is 2.45. The van der Waals surface area contributed by atoms with Gasteiger partial charge in [-0.2, -0.15) is 4.98 Å². The first-order chi connectivity index (χ1) is 9.17. The van der Waals surface area contributed by atoms with Crippen molar-refractivity contribution in [3.8, 4) is 5.75 Å². The summed E-state index contributed by atoms with van der Waals surface area (Å²) in [6, 6.07) is 6.09. The van der Waals surface area contributed by atoms with Crippen LogP contribution in [0.15, 0.2) is 22.7 Å². The normalized spacial score (nSPS) is 10.2. The van der Waals surface area contributed by atoms with E-state index in [2.05, 4.69) is 21.5 Å². The Labute approximate surface area is 125 Å². The van der Waals surface area contributed by atoms with E-state index in [1.165, 1.54) is 11.1 Å². The van der Waals surface area contributed by atoms with E-state index < -0.39 is 0 Å². The van der Waals surface area contributed by atoms with Crippen LogP contribution in [0.1, 0.15) is 22.8 Å². The minimum Gasteiger partial charge on any atom is -0.484 e. The second-order valence-corrected chi connectivity index (χ2v) is 4.57. The number of benzene rings is 1. The first-order valence-corrected chi connectivity index (χ1v) is 6.34. The average Bonchev–Trinajstić information content (AvgIpc) is 2.81. The smallest absolute Gasteiger partial charge is 0.264 e. The Morgan fingerprint density at radius 1 is 1.20 bits per heavy atom. The second kappa shape index (κ2) is 7.87. The van der Waals surface area contributed by atoms with E-state index in [-0.39, 0.29) is 12.4 Å². The van der Waals surface area contributed by atoms with Gasteiger partial charge in [0.15, 0.2) is 12.4 Å². The van der Waals surface area contributed by atoms with Crippen LogP contribution in [0.3, 0.4) is 0 Å². The van der Waals surface area contributed by atoms with Gasteiger partial charge in [-0.3, -0.25) is 0 Å². The van der Waals surface area contributed by atoms with Gasteiger partial charge in [0.05, 0.1) is 0 Å². The Morgan fingerprint density at radius 3 is 2.55 bits per heavy atom. The van der Waals surface area contributed by atoms with Crippen molar-refractivity contribution in [3.05, 3.63) is 41.0 Å². The summed E-state index contributed by atoms with van der Waals surface area (Å²) in [5.74, 6) is 2.03. The highest BCUT2D eigenvalue weighted by molar-refractivity contribution is 5.85. The fraction of sp³-hybridized carbons (Fsp3) is 0.429. The van der Waals surface area contributed by atoms with Crippen LogP contribution in [0.5, 0.6) is 5.75 Å². The lowest BCUT2D eigenvalue weighted by molar-refractivity contribution is 0.242. The quantitative estimate of drug-likeness (QED) is 0.887. The number of halogens is 1. The topological polar surface area (TPSA) is 60.2 Å². The Morgan fingerprint density at radius 2 is 1.90 bits per heavy atom. The van der Waals surface area contributed by atoms with Crippen LogP contribution < -0.4 is 10.1 Å². The molecule has 5 nitrogen and oxygen atoms in total. The van der Waals surface area contributed by atoms with E-state index in [1.807, 2.05) is 33.0 Å². The molecule has 20 heavy (non-hydrogen) atoms. The SMILES string of the molecule is CNCCc1noc(COc2cc(C)cc(C)c2)n1.Cl. The molecular formula is C14H20ClN3O2. The van der Waals surface area contributed by atoms with E-state index in [9.17, 15) is 0 Å². The van der Waals surface area contributed by atoms with Crippen molar-refractivity contribution < 1.29 is 9.26 Å². The van der Waals surface area contributed by atoms with Gasteiger partial charge in [0.1, 0.15) is 5.75 Å². The number of hydrogen-bond acceptors (Lipinski definition) is 5. The van der Waals surface area contributed by atoms with Crippen LogP contribution in [-0.2, 0) is 13.0 Å². The van der Waals surface area contributed by atoms with Gasteiger partial charge in [-0.25, -0.2) is 0 Å². The monoisotopic (exact) mass is 297 g/mol. The van der Waals surface area contributed by atoms with Gasteiger partial charge < -0.3 is 14.6 Å². The maximum absolute atomic E-state index is 5.66. The third-order valence-corrected chi connectivity index (χ3v) is 2.67. The Balaban J connectivity index is 0.00000200. The van der Waals surface area contributed by atoms with Crippen LogP contribution in [0.4, 0.5) is 0 Å². The number of nitrogens with zero attached hydrogens (tertiary/aromatic N) is 2. The summed E-state index contributed by atoms with van der Waals surface area (Å²) in [6.07, 6.45) is 0.754. The molecule has 0 aliphatic rings. The zero-order valence-electron chi connectivity index (χ0n) is 12.0. The van der Waals surface area contributed by atoms with E-state index in [0.717, 1.165) is 18.7 Å². The zero-order valence-corrected chi connectivity index (χ0v) is 12.8. The van der Waals surface area contributed by atoms with Gasteiger partial charge in [-0.05, 0) is 44.2 Å². The molecule has 2 aromatic rings. The molecule has 0 unspecified atom stereocenters. The summed E-state index contributed by atoms with van der Waals surface area (Å²) in [7, 11) is 1.89. The lowest BCUT2D eigenvalue weighted by Gasteiger charge is -2.05. The predicted molar refractivity (Wildman–Crippen MR) is 79.4 cm³/mol. The number of aromatic nitrogens is 2. The maximum atomic E-state index is 5.66. The molecule has 1 heterocycles. The number of ether oxygens (including phenoxy) is 1. The molecule has 0 bridgehead atoms. The number of likely N-dealkylation sites (N-methyl/N-ethyl adjacent to an activating group) is 1. The number of nitrogens with one attached hydrogen (secondary N) is 1. The third kappa shape index (κ3) is 4.83. The van der Waals surface area contributed by atoms with Crippen molar-refractivity contribution in [2.45, 2.75) is 26.9 Å². The fourth-order valence-electron chi connectivity index (χ4n) is 1.85. The van der Waals surface area contributed by atoms with Crippen molar-refractivity contribution in [2.24, 2.45) is 0 Å². The van der Waals surface area contributed by atoms with Crippen LogP contribution in [0.25, 0.3) is 0 Å². The van der Waals surface area contributed by atoms with Crippen molar-refractivity contribution >= 4 is 12.4 Å². The van der Waals surface area contributed by atoms with Crippen LogP contribution >= 0.6 is 12.4 Å². The van der Waals surface area contributed by atoms with Gasteiger partial charge >= 0.3 is 0 Å². The van der Waals surface area contributed by atoms with Crippen molar-refractivity contribution in [1.82, 2.24) is 15.5 Å². The lowest BCUT2D eigenvalue weighted by atomic mass is 10.1. The van der Waals surface area contributed by atoms with Gasteiger partial charge in [-0.1, -0.05) is 11.2 Å². The first kappa shape index (κ1) is 16.5. The Hall–Kier alpha value is -1.59. The molecule has 0 fully saturated rings. The molecule has 0 saturated heterocycles. The minimum absolute atomic E-state index is 0. The minimum atomic E-state index is 0. The van der Waals surface area contributed by atoms with E-state index >= 15 is 0 Å². The van der Waals surface area contributed by atoms with Crippen LogP contribution in [-0.4, -0.2) is 23.7 Å². The van der Waals surface area contributed by atoms with Crippen molar-refractivity contribution in [2.75, 3.05) is 13.6 Å². The third-order valence-electron chi connectivity index (χ3n) is 2.67. The fourth-order valence-corrected chi connectivity index (χ4v) is 1.85. The standard InChI is InChI=1S/C14H19N3O2.ClH/c1-10-6-11(2)8-12(7-10)18-9-14-16-13(17-19-14)4-5-15-3;/h6-8,15H,4-5,9H2,1-3H3;1H. The zero-order chi connectivity index (χ0) is 13.7. The first-order valence-electron chi connectivity index (χ1n) is 6.34. The molecule has 0 atom stereocenters. The van der Waals surface area contributed by atoms with Gasteiger partial charge in [0.25, 0.3) is 5.89 Å². The summed E-state index contributed by atoms with van der Waals surface area (Å²) < 4.78 is 10.8. The lowest BCUT2D eigenvalue weighted by Crippen LogP contribution is -2.11. The molecule has 6 heteroatoms. The largest absolute Gasteiger partial charge is 0.484 e. The number of hydrogen-bond donors (Lipinski definition) is 1. The molecule has 1 N–H and O–H groups in total. The molecule has 0 saturated carbocycles. The average molecular weight is 298 g/mol. The summed E-state index contributed by atoms with van der Waals surface area (Å²) in [4.78, 5) is 4.26. The van der Waals surface area contributed by atoms with Gasteiger partial charge in [0.2, 0.25) is 0 Å². The molecule has 0 aliphatic heterocycles. The van der Waals surface area contributed by atoms with Crippen molar-refractivity contribution in [3.63, 3.8) is 0 Å². The molecular weight excluding hydrogens is 278 g/mol. The summed E-state index contributed by atoms with van der Waals surface area (Å²) >= 11 is 0. The van der Waals surface area contributed by atoms with E-state index in [4.69, 9.17) is 9.26 Å². The Kier molecular flexibility index (Phi) is 6.48. The summed E-state index contributed by atoms with van der Waals surface area (Å²) in [5, 5.41) is 6.94. The summed E-state index contributed by atoms with van der Waals surface area (Å²) in [6.45, 7) is 5.22. The molecule has 2 rings (SSSR count). The van der Waals surface area contributed by atoms with Gasteiger partial charge in [-0.15, -0.1) is 12.4 Å². The molecule has 0 spiro atoms. The highest BCUT2D eigenvalue weighted by Gasteiger charge is 2.07. The number of aryl methyl sites for hydroxylation is 2. The summed E-state index contributed by atoms with van der Waals surface area (Å²) in [5.41, 5.74) is 2.35. The van der Waals surface area contributed by atoms with Gasteiger partial charge in [0, 0.05) is 13.0 Å². The highest BCUT2D eigenvalue weighted by atomic mass is 35.5. The highest BCUT2D eigenvalue weighted by Crippen LogP contribution is 2.17. The van der Waals surface area contributed by atoms with E-state index in [0.29, 0.717) is 18.3 Å². The molecule has 0 aliphatic carbocycles. The van der Waals surface area contributed by atoms with Crippen LogP contribution in [0.2, 0.25) is 0 Å². The second-order valence-electron chi connectivity index (χ2n) is 4.57. The van der Waals surface area contributed by atoms with Crippen molar-refractivity contribution in [1.29, 1.82) is 0 Å². The molecule has 0 amide bonds. The molecule has 110 valence electrons.